The van der Waals surface area contributed by atoms with E-state index in [1.54, 1.807) is 18.3 Å². The van der Waals surface area contributed by atoms with Crippen LogP contribution in [0.25, 0.3) is 83.2 Å². The number of nitrogens with zero attached hydrogens (tertiary/aromatic N) is 3. The Morgan fingerprint density at radius 2 is 1.51 bits per heavy atom. The normalized spacial score (nSPS) is 13.4. The second-order valence-corrected chi connectivity index (χ2v) is 22.3. The molecule has 3 aromatic heterocycles. The van der Waals surface area contributed by atoms with Crippen LogP contribution in [-0.4, -0.2) is 22.6 Å². The summed E-state index contributed by atoms with van der Waals surface area (Å²) in [5.41, 5.74) is 9.47. The van der Waals surface area contributed by atoms with Gasteiger partial charge in [0.2, 0.25) is 0 Å². The molecule has 0 aliphatic rings. The Morgan fingerprint density at radius 3 is 2.26 bits per heavy atom. The molecule has 0 bridgehead atoms. The number of hydrogen-bond acceptors (Lipinski definition) is 3. The molecule has 0 aliphatic carbocycles. The summed E-state index contributed by atoms with van der Waals surface area (Å²) in [5, 5.41) is 5.50. The van der Waals surface area contributed by atoms with Gasteiger partial charge >= 0.3 is 0 Å². The van der Waals surface area contributed by atoms with Crippen LogP contribution >= 0.6 is 0 Å². The van der Waals surface area contributed by atoms with Crippen molar-refractivity contribution in [2.24, 2.45) is 5.41 Å². The number of imidazole rings is 1. The zero-order valence-electron chi connectivity index (χ0n) is 40.1. The van der Waals surface area contributed by atoms with Crippen LogP contribution in [0.1, 0.15) is 38.8 Å². The standard InChI is InChI=1S/C35H21N2O.C20H28NSi.Ir/c1-2-11-23(12-3-1)26-22-21-24-13-4-5-14-25(24)33(26)37-31-19-8-7-18-30(31)36-35(37)29-17-10-16-28-27-15-6-9-20-32(27)38-34(28)29;1-15-8-10-16(11-9-15)18-12-17(13-20(2,3)4)19(14-21-18)22(5,6)7;/h1-16,18-22H;8-10,12,14H,13H2,1-7H3;/q2*-1;/i;1D3,13D2;. The third-order valence-corrected chi connectivity index (χ3v) is 12.7. The first-order chi connectivity index (χ1) is 30.9. The number of aryl methyl sites for hydroxylation is 1. The predicted octanol–water partition coefficient (Wildman–Crippen LogP) is 14.2. The quantitative estimate of drug-likeness (QED) is 0.123. The molecule has 61 heavy (non-hydrogen) atoms. The van der Waals surface area contributed by atoms with Crippen molar-refractivity contribution in [3.05, 3.63) is 181 Å². The SMILES string of the molecule is [2H]C([2H])([2H])c1c[c-]c(-c2cc(C([2H])([2H])C(C)(C)C)c([Si](C)(C)C)cn2)cc1.[Ir].[c-]1ccc2c(oc3ccccc32)c1-c1nc2ccccc2n1-c1c(-c2ccccc2)ccc2ccccc12. The van der Waals surface area contributed by atoms with Crippen molar-refractivity contribution in [2.75, 3.05) is 0 Å². The van der Waals surface area contributed by atoms with E-state index >= 15 is 0 Å². The van der Waals surface area contributed by atoms with Crippen LogP contribution < -0.4 is 5.19 Å². The van der Waals surface area contributed by atoms with Gasteiger partial charge in [0, 0.05) is 49.5 Å². The number of benzene rings is 7. The Hall–Kier alpha value is -5.91. The Morgan fingerprint density at radius 1 is 0.770 bits per heavy atom. The molecule has 0 amide bonds. The van der Waals surface area contributed by atoms with Gasteiger partial charge in [-0.1, -0.05) is 167 Å². The number of hydrogen-bond donors (Lipinski definition) is 0. The van der Waals surface area contributed by atoms with E-state index in [0.29, 0.717) is 16.8 Å². The molecule has 10 aromatic rings. The molecule has 0 aliphatic heterocycles. The first kappa shape index (κ1) is 35.8. The number of furan rings is 1. The largest absolute Gasteiger partial charge is 0.501 e. The zero-order valence-corrected chi connectivity index (χ0v) is 38.5. The Kier molecular flexibility index (Phi) is 9.90. The van der Waals surface area contributed by atoms with E-state index in [2.05, 4.69) is 138 Å². The summed E-state index contributed by atoms with van der Waals surface area (Å²) in [4.78, 5) is 9.75. The molecule has 1 radical (unpaired) electrons. The van der Waals surface area contributed by atoms with E-state index in [-0.39, 0.29) is 25.7 Å². The van der Waals surface area contributed by atoms with Crippen LogP contribution in [-0.2, 0) is 26.5 Å². The van der Waals surface area contributed by atoms with Crippen LogP contribution in [0.5, 0.6) is 0 Å². The zero-order chi connectivity index (χ0) is 45.9. The fourth-order valence-corrected chi connectivity index (χ4v) is 9.31. The monoisotopic (exact) mass is 993 g/mol. The molecule has 6 heteroatoms. The van der Waals surface area contributed by atoms with Gasteiger partial charge < -0.3 is 14.0 Å². The molecule has 7 aromatic carbocycles. The fraction of sp³-hybridized carbons (Fsp3) is 0.164. The van der Waals surface area contributed by atoms with E-state index in [4.69, 9.17) is 16.3 Å². The second-order valence-electron chi connectivity index (χ2n) is 17.2. The van der Waals surface area contributed by atoms with E-state index in [1.807, 2.05) is 57.2 Å². The molecule has 4 nitrogen and oxygen atoms in total. The van der Waals surface area contributed by atoms with E-state index < -0.39 is 26.7 Å². The molecule has 0 atom stereocenters. The average molecular weight is 993 g/mol. The van der Waals surface area contributed by atoms with Gasteiger partial charge in [-0.3, -0.25) is 4.98 Å². The molecule has 305 valence electrons. The van der Waals surface area contributed by atoms with Crippen molar-refractivity contribution < 1.29 is 31.4 Å². The summed E-state index contributed by atoms with van der Waals surface area (Å²) < 4.78 is 48.8. The summed E-state index contributed by atoms with van der Waals surface area (Å²) in [7, 11) is -1.81. The summed E-state index contributed by atoms with van der Waals surface area (Å²) in [6.07, 6.45) is 0.269. The molecule has 0 unspecified atom stereocenters. The van der Waals surface area contributed by atoms with Crippen molar-refractivity contribution >= 4 is 57.0 Å². The maximum Gasteiger partial charge on any atom is 0.120 e. The van der Waals surface area contributed by atoms with Gasteiger partial charge in [0.15, 0.2) is 0 Å². The van der Waals surface area contributed by atoms with Crippen LogP contribution in [0, 0.1) is 24.4 Å². The smallest absolute Gasteiger partial charge is 0.120 e. The van der Waals surface area contributed by atoms with E-state index in [9.17, 15) is 0 Å². The third-order valence-electron chi connectivity index (χ3n) is 10.6. The summed E-state index contributed by atoms with van der Waals surface area (Å²) in [6, 6.07) is 57.1. The third kappa shape index (κ3) is 8.41. The summed E-state index contributed by atoms with van der Waals surface area (Å²) in [6.45, 7) is 10.1. The fourth-order valence-electron chi connectivity index (χ4n) is 7.92. The number of fused-ring (bicyclic) bond motifs is 5. The van der Waals surface area contributed by atoms with E-state index in [1.165, 1.54) is 11.5 Å². The molecular weight excluding hydrogens is 939 g/mol. The molecule has 10 rings (SSSR count). The summed E-state index contributed by atoms with van der Waals surface area (Å²) in [5.74, 6) is 0.810. The first-order valence-electron chi connectivity index (χ1n) is 22.8. The van der Waals surface area contributed by atoms with Crippen LogP contribution in [0.2, 0.25) is 19.6 Å². The minimum Gasteiger partial charge on any atom is -0.501 e. The second kappa shape index (κ2) is 16.9. The molecule has 0 fully saturated rings. The Balaban J connectivity index is 0.000000189. The van der Waals surface area contributed by atoms with E-state index in [0.717, 1.165) is 71.7 Å². The first-order valence-corrected chi connectivity index (χ1v) is 23.8. The van der Waals surface area contributed by atoms with Gasteiger partial charge in [-0.05, 0) is 51.8 Å². The number of aromatic nitrogens is 3. The number of para-hydroxylation sites is 3. The molecule has 0 saturated heterocycles. The van der Waals surface area contributed by atoms with Gasteiger partial charge in [0.25, 0.3) is 0 Å². The molecule has 0 spiro atoms. The molecule has 0 N–H and O–H groups in total. The van der Waals surface area contributed by atoms with Crippen molar-refractivity contribution in [3.63, 3.8) is 0 Å². The number of pyridine rings is 1. The van der Waals surface area contributed by atoms with Gasteiger partial charge in [-0.25, -0.2) is 0 Å². The average Bonchev–Trinajstić information content (AvgIpc) is 3.87. The maximum atomic E-state index is 8.79. The van der Waals surface area contributed by atoms with Crippen LogP contribution in [0.3, 0.4) is 0 Å². The molecular formula is C55H49IrN3OSi-2. The van der Waals surface area contributed by atoms with Gasteiger partial charge in [0.1, 0.15) is 5.58 Å². The van der Waals surface area contributed by atoms with Gasteiger partial charge in [-0.15, -0.1) is 53.6 Å². The minimum atomic E-state index is -2.17. The topological polar surface area (TPSA) is 43.9 Å². The summed E-state index contributed by atoms with van der Waals surface area (Å²) >= 11 is 0. The van der Waals surface area contributed by atoms with Crippen LogP contribution in [0.15, 0.2) is 162 Å². The Labute approximate surface area is 380 Å². The van der Waals surface area contributed by atoms with Crippen molar-refractivity contribution in [1.29, 1.82) is 0 Å². The van der Waals surface area contributed by atoms with Gasteiger partial charge in [-0.2, -0.15) is 0 Å². The molecule has 0 saturated carbocycles. The maximum absolute atomic E-state index is 8.79. The number of rotatable bonds is 6. The van der Waals surface area contributed by atoms with Crippen molar-refractivity contribution in [3.8, 4) is 39.5 Å². The molecule has 3 heterocycles. The van der Waals surface area contributed by atoms with Crippen molar-refractivity contribution in [1.82, 2.24) is 14.5 Å². The Bertz CT molecular complexity index is 3370. The van der Waals surface area contributed by atoms with Crippen LogP contribution in [0.4, 0.5) is 0 Å². The predicted molar refractivity (Wildman–Crippen MR) is 255 cm³/mol. The van der Waals surface area contributed by atoms with Gasteiger partial charge in [0.05, 0.1) is 36.2 Å². The van der Waals surface area contributed by atoms with Crippen molar-refractivity contribution in [2.45, 2.75) is 53.6 Å². The minimum absolute atomic E-state index is 0.